The molecular weight excluding hydrogens is 184 g/mol. The summed E-state index contributed by atoms with van der Waals surface area (Å²) in [6, 6.07) is 0.905. The number of rotatable bonds is 3. The van der Waals surface area contributed by atoms with E-state index in [-0.39, 0.29) is 0 Å². The Morgan fingerprint density at radius 2 is 1.73 bits per heavy atom. The van der Waals surface area contributed by atoms with Gasteiger partial charge in [-0.25, -0.2) is 0 Å². The lowest BCUT2D eigenvalue weighted by atomic mass is 10.1. The molecule has 0 atom stereocenters. The largest absolute Gasteiger partial charge is 0.373 e. The molecule has 1 saturated carbocycles. The minimum atomic E-state index is 0.905. The lowest BCUT2D eigenvalue weighted by molar-refractivity contribution is 0.116. The quantitative estimate of drug-likeness (QED) is 0.703. The van der Waals surface area contributed by atoms with Crippen molar-refractivity contribution in [3.63, 3.8) is 0 Å². The van der Waals surface area contributed by atoms with E-state index in [1.807, 2.05) is 0 Å². The second kappa shape index (κ2) is 5.02. The van der Waals surface area contributed by atoms with Crippen LogP contribution in [0.3, 0.4) is 0 Å². The van der Waals surface area contributed by atoms with E-state index in [2.05, 4.69) is 23.3 Å². The molecule has 0 spiro atoms. The Hall–Kier alpha value is -0.500. The summed E-state index contributed by atoms with van der Waals surface area (Å²) < 4.78 is 0. The third-order valence-corrected chi connectivity index (χ3v) is 4.01. The smallest absolute Gasteiger partial charge is 0.0303 e. The van der Waals surface area contributed by atoms with Crippen LogP contribution in [-0.2, 0) is 0 Å². The van der Waals surface area contributed by atoms with Crippen LogP contribution < -0.4 is 0 Å². The Morgan fingerprint density at radius 3 is 2.27 bits per heavy atom. The fraction of sp³-hybridized carbons (Fsp3) is 0.846. The minimum Gasteiger partial charge on any atom is -0.373 e. The SMILES string of the molecule is C=C(CC)N1CCN(C2CCCC2)CC1. The maximum atomic E-state index is 4.13. The van der Waals surface area contributed by atoms with Gasteiger partial charge in [0.05, 0.1) is 0 Å². The zero-order valence-electron chi connectivity index (χ0n) is 10.0. The first kappa shape index (κ1) is 11.0. The van der Waals surface area contributed by atoms with Gasteiger partial charge in [0.15, 0.2) is 0 Å². The molecule has 0 aromatic carbocycles. The number of hydrogen-bond donors (Lipinski definition) is 0. The van der Waals surface area contributed by atoms with Gasteiger partial charge < -0.3 is 4.90 Å². The Morgan fingerprint density at radius 1 is 1.13 bits per heavy atom. The van der Waals surface area contributed by atoms with Crippen LogP contribution in [0.5, 0.6) is 0 Å². The zero-order valence-corrected chi connectivity index (χ0v) is 10.0. The predicted octanol–water partition coefficient (Wildman–Crippen LogP) is 2.47. The highest BCUT2D eigenvalue weighted by Gasteiger charge is 2.25. The molecule has 1 saturated heterocycles. The van der Waals surface area contributed by atoms with E-state index in [0.717, 1.165) is 12.5 Å². The van der Waals surface area contributed by atoms with Crippen molar-refractivity contribution < 1.29 is 0 Å². The molecule has 15 heavy (non-hydrogen) atoms. The lowest BCUT2D eigenvalue weighted by Crippen LogP contribution is -2.49. The number of allylic oxidation sites excluding steroid dienone is 1. The van der Waals surface area contributed by atoms with Crippen LogP contribution in [0.1, 0.15) is 39.0 Å². The average Bonchev–Trinajstić information content (AvgIpc) is 2.82. The zero-order chi connectivity index (χ0) is 10.7. The van der Waals surface area contributed by atoms with Gasteiger partial charge in [0, 0.05) is 37.9 Å². The van der Waals surface area contributed by atoms with Crippen molar-refractivity contribution in [2.75, 3.05) is 26.2 Å². The van der Waals surface area contributed by atoms with Gasteiger partial charge in [-0.1, -0.05) is 26.3 Å². The summed E-state index contributed by atoms with van der Waals surface area (Å²) in [5.74, 6) is 0. The summed E-state index contributed by atoms with van der Waals surface area (Å²) in [5.41, 5.74) is 1.32. The molecule has 0 radical (unpaired) electrons. The van der Waals surface area contributed by atoms with E-state index < -0.39 is 0 Å². The first-order valence-corrected chi connectivity index (χ1v) is 6.48. The van der Waals surface area contributed by atoms with Gasteiger partial charge in [-0.15, -0.1) is 0 Å². The highest BCUT2D eigenvalue weighted by atomic mass is 15.3. The van der Waals surface area contributed by atoms with Gasteiger partial charge in [0.25, 0.3) is 0 Å². The molecule has 0 aromatic heterocycles. The van der Waals surface area contributed by atoms with Gasteiger partial charge >= 0.3 is 0 Å². The number of piperazine rings is 1. The standard InChI is InChI=1S/C13H24N2/c1-3-12(2)14-8-10-15(11-9-14)13-6-4-5-7-13/h13H,2-11H2,1H3. The summed E-state index contributed by atoms with van der Waals surface area (Å²) >= 11 is 0. The van der Waals surface area contributed by atoms with Crippen LogP contribution in [0.2, 0.25) is 0 Å². The van der Waals surface area contributed by atoms with Gasteiger partial charge in [-0.3, -0.25) is 4.90 Å². The molecule has 0 N–H and O–H groups in total. The van der Waals surface area contributed by atoms with E-state index in [1.54, 1.807) is 0 Å². The summed E-state index contributed by atoms with van der Waals surface area (Å²) in [5, 5.41) is 0. The van der Waals surface area contributed by atoms with Crippen molar-refractivity contribution >= 4 is 0 Å². The van der Waals surface area contributed by atoms with E-state index in [1.165, 1.54) is 57.6 Å². The third kappa shape index (κ3) is 2.54. The topological polar surface area (TPSA) is 6.48 Å². The van der Waals surface area contributed by atoms with E-state index in [9.17, 15) is 0 Å². The maximum absolute atomic E-state index is 4.13. The van der Waals surface area contributed by atoms with Crippen LogP contribution in [0.25, 0.3) is 0 Å². The molecule has 1 aliphatic carbocycles. The maximum Gasteiger partial charge on any atom is 0.0303 e. The Labute approximate surface area is 93.9 Å². The summed E-state index contributed by atoms with van der Waals surface area (Å²) in [6.45, 7) is 11.2. The van der Waals surface area contributed by atoms with Gasteiger partial charge in [0.2, 0.25) is 0 Å². The van der Waals surface area contributed by atoms with Gasteiger partial charge in [-0.05, 0) is 19.3 Å². The molecule has 0 unspecified atom stereocenters. The highest BCUT2D eigenvalue weighted by Crippen LogP contribution is 2.24. The molecule has 86 valence electrons. The first-order chi connectivity index (χ1) is 7.31. The van der Waals surface area contributed by atoms with E-state index in [4.69, 9.17) is 0 Å². The first-order valence-electron chi connectivity index (χ1n) is 6.48. The molecule has 2 nitrogen and oxygen atoms in total. The second-order valence-electron chi connectivity index (χ2n) is 4.88. The molecule has 0 aromatic rings. The number of nitrogens with zero attached hydrogens (tertiary/aromatic N) is 2. The predicted molar refractivity (Wildman–Crippen MR) is 64.8 cm³/mol. The molecule has 2 rings (SSSR count). The Kier molecular flexibility index (Phi) is 3.68. The average molecular weight is 208 g/mol. The van der Waals surface area contributed by atoms with Crippen molar-refractivity contribution in [1.82, 2.24) is 9.80 Å². The van der Waals surface area contributed by atoms with Crippen LogP contribution >= 0.6 is 0 Å². The van der Waals surface area contributed by atoms with Crippen molar-refractivity contribution in [2.45, 2.75) is 45.1 Å². The van der Waals surface area contributed by atoms with Crippen molar-refractivity contribution in [3.8, 4) is 0 Å². The Bertz CT molecular complexity index is 211. The Balaban J connectivity index is 1.78. The summed E-state index contributed by atoms with van der Waals surface area (Å²) in [6.07, 6.45) is 6.88. The lowest BCUT2D eigenvalue weighted by Gasteiger charge is -2.39. The van der Waals surface area contributed by atoms with Gasteiger partial charge in [0.1, 0.15) is 0 Å². The van der Waals surface area contributed by atoms with E-state index in [0.29, 0.717) is 0 Å². The molecule has 0 amide bonds. The molecule has 0 bridgehead atoms. The molecular formula is C13H24N2. The molecule has 2 aliphatic rings. The molecule has 2 fully saturated rings. The van der Waals surface area contributed by atoms with Crippen LogP contribution in [-0.4, -0.2) is 42.0 Å². The summed E-state index contributed by atoms with van der Waals surface area (Å²) in [4.78, 5) is 5.16. The summed E-state index contributed by atoms with van der Waals surface area (Å²) in [7, 11) is 0. The fourth-order valence-electron chi connectivity index (χ4n) is 2.90. The normalized spacial score (nSPS) is 24.7. The van der Waals surface area contributed by atoms with Gasteiger partial charge in [-0.2, -0.15) is 0 Å². The third-order valence-electron chi connectivity index (χ3n) is 4.01. The van der Waals surface area contributed by atoms with Crippen LogP contribution in [0.4, 0.5) is 0 Å². The van der Waals surface area contributed by atoms with Crippen molar-refractivity contribution in [2.24, 2.45) is 0 Å². The molecule has 1 aliphatic heterocycles. The monoisotopic (exact) mass is 208 g/mol. The van der Waals surface area contributed by atoms with Crippen LogP contribution in [0, 0.1) is 0 Å². The van der Waals surface area contributed by atoms with Crippen LogP contribution in [0.15, 0.2) is 12.3 Å². The highest BCUT2D eigenvalue weighted by molar-refractivity contribution is 4.95. The molecule has 2 heteroatoms. The minimum absolute atomic E-state index is 0.905. The van der Waals surface area contributed by atoms with Crippen molar-refractivity contribution in [3.05, 3.63) is 12.3 Å². The van der Waals surface area contributed by atoms with E-state index >= 15 is 0 Å². The molecule has 1 heterocycles. The second-order valence-corrected chi connectivity index (χ2v) is 4.88. The number of hydrogen-bond acceptors (Lipinski definition) is 2. The fourth-order valence-corrected chi connectivity index (χ4v) is 2.90. The van der Waals surface area contributed by atoms with Crippen molar-refractivity contribution in [1.29, 1.82) is 0 Å².